The van der Waals surface area contributed by atoms with Crippen molar-refractivity contribution in [3.63, 3.8) is 0 Å². The van der Waals surface area contributed by atoms with Gasteiger partial charge in [0.05, 0.1) is 18.9 Å². The lowest BCUT2D eigenvalue weighted by Gasteiger charge is -2.28. The van der Waals surface area contributed by atoms with E-state index in [-0.39, 0.29) is 11.9 Å². The van der Waals surface area contributed by atoms with Crippen LogP contribution in [0.5, 0.6) is 0 Å². The number of nitrogens with zero attached hydrogens (tertiary/aromatic N) is 2. The van der Waals surface area contributed by atoms with Gasteiger partial charge in [0, 0.05) is 0 Å². The third-order valence-corrected chi connectivity index (χ3v) is 3.28. The van der Waals surface area contributed by atoms with E-state index in [0.717, 1.165) is 13.0 Å². The van der Waals surface area contributed by atoms with E-state index in [1.807, 2.05) is 0 Å². The smallest absolute Gasteiger partial charge is 0.251 e. The molecule has 0 radical (unpaired) electrons. The second kappa shape index (κ2) is 6.46. The van der Waals surface area contributed by atoms with E-state index in [2.05, 4.69) is 25.4 Å². The molecule has 2 unspecified atom stereocenters. The molecule has 0 N–H and O–H groups in total. The Balaban J connectivity index is 2.62. The van der Waals surface area contributed by atoms with Crippen molar-refractivity contribution in [2.45, 2.75) is 45.6 Å². The van der Waals surface area contributed by atoms with Gasteiger partial charge in [-0.25, -0.2) is 0 Å². The third-order valence-electron chi connectivity index (χ3n) is 3.28. The SMILES string of the molecule is C=CC(=O)N1C=NCC1C(CC)CCCC. The summed E-state index contributed by atoms with van der Waals surface area (Å²) in [7, 11) is 0. The molecule has 0 aliphatic carbocycles. The standard InChI is InChI=1S/C13H22N2O/c1-4-7-8-11(5-2)12-9-14-10-15(12)13(16)6-3/h6,10-12H,3-5,7-9H2,1-2H3. The van der Waals surface area contributed by atoms with Crippen molar-refractivity contribution in [2.24, 2.45) is 10.9 Å². The van der Waals surface area contributed by atoms with Crippen LogP contribution in [0.2, 0.25) is 0 Å². The maximum absolute atomic E-state index is 11.6. The van der Waals surface area contributed by atoms with Crippen molar-refractivity contribution in [1.29, 1.82) is 0 Å². The molecule has 1 amide bonds. The molecule has 16 heavy (non-hydrogen) atoms. The van der Waals surface area contributed by atoms with Gasteiger partial charge in [-0.05, 0) is 18.4 Å². The van der Waals surface area contributed by atoms with E-state index < -0.39 is 0 Å². The van der Waals surface area contributed by atoms with Crippen LogP contribution in [-0.2, 0) is 4.79 Å². The highest BCUT2D eigenvalue weighted by molar-refractivity contribution is 5.96. The number of unbranched alkanes of at least 4 members (excludes halogenated alkanes) is 1. The highest BCUT2D eigenvalue weighted by Crippen LogP contribution is 2.23. The molecule has 1 aliphatic heterocycles. The Labute approximate surface area is 98.2 Å². The van der Waals surface area contributed by atoms with Crippen LogP contribution >= 0.6 is 0 Å². The molecule has 1 heterocycles. The molecule has 0 saturated heterocycles. The van der Waals surface area contributed by atoms with Crippen LogP contribution in [0.3, 0.4) is 0 Å². The highest BCUT2D eigenvalue weighted by atomic mass is 16.2. The van der Waals surface area contributed by atoms with E-state index in [4.69, 9.17) is 0 Å². The van der Waals surface area contributed by atoms with Gasteiger partial charge < -0.3 is 0 Å². The molecule has 0 fully saturated rings. The number of rotatable bonds is 6. The number of aliphatic imine (C=N–C) groups is 1. The summed E-state index contributed by atoms with van der Waals surface area (Å²) in [4.78, 5) is 17.6. The minimum atomic E-state index is -0.0267. The van der Waals surface area contributed by atoms with E-state index in [1.54, 1.807) is 11.2 Å². The summed E-state index contributed by atoms with van der Waals surface area (Å²) in [5, 5.41) is 0. The third kappa shape index (κ3) is 2.94. The van der Waals surface area contributed by atoms with E-state index in [0.29, 0.717) is 5.92 Å². The van der Waals surface area contributed by atoms with Crippen LogP contribution in [0.15, 0.2) is 17.6 Å². The summed E-state index contributed by atoms with van der Waals surface area (Å²) >= 11 is 0. The van der Waals surface area contributed by atoms with Gasteiger partial charge in [-0.1, -0.05) is 39.7 Å². The van der Waals surface area contributed by atoms with Gasteiger partial charge in [-0.3, -0.25) is 14.7 Å². The molecule has 0 bridgehead atoms. The Hall–Kier alpha value is -1.12. The number of amides is 1. The Bertz CT molecular complexity index is 273. The molecule has 2 atom stereocenters. The summed E-state index contributed by atoms with van der Waals surface area (Å²) in [5.74, 6) is 0.535. The normalized spacial score (nSPS) is 21.1. The van der Waals surface area contributed by atoms with Crippen molar-refractivity contribution in [1.82, 2.24) is 4.90 Å². The van der Waals surface area contributed by atoms with Crippen LogP contribution in [0, 0.1) is 5.92 Å². The maximum Gasteiger partial charge on any atom is 0.251 e. The van der Waals surface area contributed by atoms with Crippen LogP contribution in [0.25, 0.3) is 0 Å². The summed E-state index contributed by atoms with van der Waals surface area (Å²) < 4.78 is 0. The Kier molecular flexibility index (Phi) is 5.23. The van der Waals surface area contributed by atoms with Crippen molar-refractivity contribution in [2.75, 3.05) is 6.54 Å². The summed E-state index contributed by atoms with van der Waals surface area (Å²) in [6.45, 7) is 8.67. The quantitative estimate of drug-likeness (QED) is 0.636. The zero-order chi connectivity index (χ0) is 12.0. The van der Waals surface area contributed by atoms with Gasteiger partial charge >= 0.3 is 0 Å². The average molecular weight is 222 g/mol. The second-order valence-electron chi connectivity index (χ2n) is 4.31. The summed E-state index contributed by atoms with van der Waals surface area (Å²) in [6, 6.07) is 0.252. The predicted octanol–water partition coefficient (Wildman–Crippen LogP) is 2.63. The lowest BCUT2D eigenvalue weighted by molar-refractivity contribution is -0.124. The van der Waals surface area contributed by atoms with Crippen molar-refractivity contribution in [3.8, 4) is 0 Å². The van der Waals surface area contributed by atoms with Crippen LogP contribution < -0.4 is 0 Å². The predicted molar refractivity (Wildman–Crippen MR) is 67.5 cm³/mol. The summed E-state index contributed by atoms with van der Waals surface area (Å²) in [5.41, 5.74) is 0. The molecule has 0 aromatic carbocycles. The van der Waals surface area contributed by atoms with Crippen molar-refractivity contribution < 1.29 is 4.79 Å². The Morgan fingerprint density at radius 3 is 3.00 bits per heavy atom. The largest absolute Gasteiger partial charge is 0.294 e. The first-order chi connectivity index (χ1) is 7.74. The fourth-order valence-corrected chi connectivity index (χ4v) is 2.25. The average Bonchev–Trinajstić information content (AvgIpc) is 2.78. The lowest BCUT2D eigenvalue weighted by atomic mass is 9.91. The van der Waals surface area contributed by atoms with Gasteiger partial charge in [-0.2, -0.15) is 0 Å². The van der Waals surface area contributed by atoms with Crippen LogP contribution in [0.1, 0.15) is 39.5 Å². The van der Waals surface area contributed by atoms with E-state index in [9.17, 15) is 4.79 Å². The molecule has 0 aromatic heterocycles. The fraction of sp³-hybridized carbons (Fsp3) is 0.692. The maximum atomic E-state index is 11.6. The topological polar surface area (TPSA) is 32.7 Å². The minimum Gasteiger partial charge on any atom is -0.294 e. The second-order valence-corrected chi connectivity index (χ2v) is 4.31. The lowest BCUT2D eigenvalue weighted by Crippen LogP contribution is -2.41. The van der Waals surface area contributed by atoms with Crippen LogP contribution in [-0.4, -0.2) is 29.7 Å². The van der Waals surface area contributed by atoms with Crippen molar-refractivity contribution in [3.05, 3.63) is 12.7 Å². The van der Waals surface area contributed by atoms with Gasteiger partial charge in [0.1, 0.15) is 0 Å². The molecule has 90 valence electrons. The summed E-state index contributed by atoms with van der Waals surface area (Å²) in [6.07, 6.45) is 7.77. The molecular weight excluding hydrogens is 200 g/mol. The molecule has 0 aromatic rings. The molecule has 0 saturated carbocycles. The van der Waals surface area contributed by atoms with Gasteiger partial charge in [-0.15, -0.1) is 0 Å². The first-order valence-corrected chi connectivity index (χ1v) is 6.19. The molecule has 1 aliphatic rings. The van der Waals surface area contributed by atoms with Gasteiger partial charge in [0.25, 0.3) is 5.91 Å². The van der Waals surface area contributed by atoms with Gasteiger partial charge in [0.2, 0.25) is 0 Å². The molecular formula is C13H22N2O. The zero-order valence-electron chi connectivity index (χ0n) is 10.4. The van der Waals surface area contributed by atoms with Crippen molar-refractivity contribution >= 4 is 12.2 Å². The number of carbonyl (C=O) groups is 1. The van der Waals surface area contributed by atoms with Crippen LogP contribution in [0.4, 0.5) is 0 Å². The number of hydrogen-bond donors (Lipinski definition) is 0. The molecule has 3 heteroatoms. The first kappa shape index (κ1) is 12.9. The molecule has 3 nitrogen and oxygen atoms in total. The van der Waals surface area contributed by atoms with E-state index in [1.165, 1.54) is 25.3 Å². The number of carbonyl (C=O) groups excluding carboxylic acids is 1. The van der Waals surface area contributed by atoms with E-state index >= 15 is 0 Å². The fourth-order valence-electron chi connectivity index (χ4n) is 2.25. The Morgan fingerprint density at radius 2 is 2.44 bits per heavy atom. The first-order valence-electron chi connectivity index (χ1n) is 6.19. The highest BCUT2D eigenvalue weighted by Gasteiger charge is 2.30. The van der Waals surface area contributed by atoms with Gasteiger partial charge in [0.15, 0.2) is 0 Å². The minimum absolute atomic E-state index is 0.0267. The number of hydrogen-bond acceptors (Lipinski definition) is 2. The monoisotopic (exact) mass is 222 g/mol. The Morgan fingerprint density at radius 1 is 1.69 bits per heavy atom. The molecule has 0 spiro atoms. The zero-order valence-corrected chi connectivity index (χ0v) is 10.4. The molecule has 1 rings (SSSR count).